The van der Waals surface area contributed by atoms with Gasteiger partial charge in [-0.15, -0.1) is 0 Å². The summed E-state index contributed by atoms with van der Waals surface area (Å²) >= 11 is 0. The van der Waals surface area contributed by atoms with E-state index in [4.69, 9.17) is 4.98 Å². The molecule has 0 unspecified atom stereocenters. The molecule has 17 heavy (non-hydrogen) atoms. The third-order valence-corrected chi connectivity index (χ3v) is 3.66. The summed E-state index contributed by atoms with van der Waals surface area (Å²) in [6.45, 7) is 4.20. The largest absolute Gasteiger partial charge is 0.285 e. The average Bonchev–Trinajstić information content (AvgIpc) is 2.55. The van der Waals surface area contributed by atoms with Gasteiger partial charge in [-0.2, -0.15) is 0 Å². The Labute approximate surface area is 102 Å². The number of nitrogens with zero attached hydrogens (tertiary/aromatic N) is 3. The van der Waals surface area contributed by atoms with Gasteiger partial charge in [0.15, 0.2) is 0 Å². The summed E-state index contributed by atoms with van der Waals surface area (Å²) in [5.74, 6) is 0.898. The van der Waals surface area contributed by atoms with E-state index in [1.54, 1.807) is 0 Å². The molecule has 2 aromatic rings. The minimum absolute atomic E-state index is 0.898. The first-order valence-corrected chi connectivity index (χ1v) is 6.60. The van der Waals surface area contributed by atoms with Crippen molar-refractivity contribution in [3.05, 3.63) is 28.8 Å². The van der Waals surface area contributed by atoms with Crippen molar-refractivity contribution in [2.45, 2.75) is 52.4 Å². The van der Waals surface area contributed by atoms with Crippen molar-refractivity contribution in [3.8, 4) is 0 Å². The molecule has 3 heteroatoms. The molecule has 0 N–H and O–H groups in total. The van der Waals surface area contributed by atoms with E-state index in [-0.39, 0.29) is 0 Å². The molecule has 0 fully saturated rings. The van der Waals surface area contributed by atoms with Crippen LogP contribution in [0.3, 0.4) is 0 Å². The first-order chi connectivity index (χ1) is 8.25. The second kappa shape index (κ2) is 4.13. The van der Waals surface area contributed by atoms with Gasteiger partial charge in [0.05, 0.1) is 5.69 Å². The minimum atomic E-state index is 0.898. The van der Waals surface area contributed by atoms with Gasteiger partial charge in [-0.25, -0.2) is 9.97 Å². The maximum atomic E-state index is 4.73. The van der Waals surface area contributed by atoms with Crippen molar-refractivity contribution < 1.29 is 0 Å². The topological polar surface area (TPSA) is 30.2 Å². The van der Waals surface area contributed by atoms with E-state index < -0.39 is 0 Å². The first kappa shape index (κ1) is 10.8. The van der Waals surface area contributed by atoms with Gasteiger partial charge in [-0.1, -0.05) is 12.8 Å². The van der Waals surface area contributed by atoms with Gasteiger partial charge in [0, 0.05) is 17.1 Å². The monoisotopic (exact) mass is 229 g/mol. The highest BCUT2D eigenvalue weighted by Crippen LogP contribution is 2.22. The number of aromatic nitrogens is 3. The zero-order valence-corrected chi connectivity index (χ0v) is 10.7. The lowest BCUT2D eigenvalue weighted by atomic mass is 10.0. The standard InChI is InChI=1S/C14H19N3/c1-10-9-11(2)17-13-8-6-4-3-5-7-12(13)16-14(17)15-10/h9H,3-8H2,1-2H3. The minimum Gasteiger partial charge on any atom is -0.285 e. The predicted octanol–water partition coefficient (Wildman–Crippen LogP) is 3.01. The molecule has 3 rings (SSSR count). The number of hydrogen-bond donors (Lipinski definition) is 0. The second-order valence-electron chi connectivity index (χ2n) is 5.09. The van der Waals surface area contributed by atoms with Crippen LogP contribution >= 0.6 is 0 Å². The van der Waals surface area contributed by atoms with E-state index in [0.717, 1.165) is 24.3 Å². The van der Waals surface area contributed by atoms with Crippen LogP contribution in [-0.4, -0.2) is 14.4 Å². The molecule has 0 radical (unpaired) electrons. The molecule has 0 aromatic carbocycles. The fourth-order valence-electron chi connectivity index (χ4n) is 2.88. The number of aryl methyl sites for hydroxylation is 4. The maximum Gasteiger partial charge on any atom is 0.234 e. The Morgan fingerprint density at radius 2 is 1.76 bits per heavy atom. The SMILES string of the molecule is Cc1cc(C)n2c3c(nc2n1)CCCCCC3. The molecule has 2 aromatic heterocycles. The number of hydrogen-bond acceptors (Lipinski definition) is 2. The van der Waals surface area contributed by atoms with Gasteiger partial charge in [0.2, 0.25) is 5.78 Å². The van der Waals surface area contributed by atoms with Gasteiger partial charge < -0.3 is 0 Å². The summed E-state index contributed by atoms with van der Waals surface area (Å²) in [7, 11) is 0. The van der Waals surface area contributed by atoms with Crippen LogP contribution in [-0.2, 0) is 12.8 Å². The van der Waals surface area contributed by atoms with Crippen molar-refractivity contribution in [3.63, 3.8) is 0 Å². The van der Waals surface area contributed by atoms with Crippen LogP contribution in [0.1, 0.15) is 48.5 Å². The maximum absolute atomic E-state index is 4.73. The average molecular weight is 229 g/mol. The zero-order chi connectivity index (χ0) is 11.8. The molecule has 0 aliphatic heterocycles. The summed E-state index contributed by atoms with van der Waals surface area (Å²) in [6.07, 6.45) is 7.53. The number of imidazole rings is 1. The summed E-state index contributed by atoms with van der Waals surface area (Å²) in [4.78, 5) is 9.28. The van der Waals surface area contributed by atoms with E-state index in [0.29, 0.717) is 0 Å². The molecule has 0 amide bonds. The number of rotatable bonds is 0. The van der Waals surface area contributed by atoms with Crippen molar-refractivity contribution in [1.29, 1.82) is 0 Å². The van der Waals surface area contributed by atoms with E-state index in [2.05, 4.69) is 22.4 Å². The van der Waals surface area contributed by atoms with Gasteiger partial charge in [0.25, 0.3) is 0 Å². The summed E-state index contributed by atoms with van der Waals surface area (Å²) in [5, 5.41) is 0. The van der Waals surface area contributed by atoms with Crippen LogP contribution in [0, 0.1) is 13.8 Å². The van der Waals surface area contributed by atoms with Gasteiger partial charge >= 0.3 is 0 Å². The summed E-state index contributed by atoms with van der Waals surface area (Å²) < 4.78 is 2.26. The smallest absolute Gasteiger partial charge is 0.234 e. The molecule has 0 spiro atoms. The Hall–Kier alpha value is -1.38. The van der Waals surface area contributed by atoms with Gasteiger partial charge in [-0.3, -0.25) is 4.40 Å². The third-order valence-electron chi connectivity index (χ3n) is 3.66. The first-order valence-electron chi connectivity index (χ1n) is 6.60. The Morgan fingerprint density at radius 1 is 1.00 bits per heavy atom. The van der Waals surface area contributed by atoms with Crippen molar-refractivity contribution in [2.75, 3.05) is 0 Å². The molecule has 0 atom stereocenters. The lowest BCUT2D eigenvalue weighted by molar-refractivity contribution is 0.604. The normalized spacial score (nSPS) is 16.6. The number of fused-ring (bicyclic) bond motifs is 3. The van der Waals surface area contributed by atoms with Crippen LogP contribution in [0.2, 0.25) is 0 Å². The van der Waals surface area contributed by atoms with E-state index in [1.807, 2.05) is 6.92 Å². The van der Waals surface area contributed by atoms with Gasteiger partial charge in [-0.05, 0) is 45.6 Å². The molecule has 0 bridgehead atoms. The zero-order valence-electron chi connectivity index (χ0n) is 10.7. The highest BCUT2D eigenvalue weighted by Gasteiger charge is 2.16. The molecule has 90 valence electrons. The van der Waals surface area contributed by atoms with Crippen molar-refractivity contribution in [1.82, 2.24) is 14.4 Å². The molecular formula is C14H19N3. The van der Waals surface area contributed by atoms with Crippen LogP contribution < -0.4 is 0 Å². The van der Waals surface area contributed by atoms with E-state index in [9.17, 15) is 0 Å². The van der Waals surface area contributed by atoms with Crippen LogP contribution in [0.4, 0.5) is 0 Å². The lowest BCUT2D eigenvalue weighted by Gasteiger charge is -2.10. The Morgan fingerprint density at radius 3 is 2.59 bits per heavy atom. The molecule has 1 aliphatic rings. The van der Waals surface area contributed by atoms with E-state index in [1.165, 1.54) is 42.8 Å². The molecule has 2 heterocycles. The van der Waals surface area contributed by atoms with Gasteiger partial charge in [0.1, 0.15) is 0 Å². The van der Waals surface area contributed by atoms with Crippen LogP contribution in [0.5, 0.6) is 0 Å². The highest BCUT2D eigenvalue weighted by atomic mass is 15.1. The Bertz CT molecular complexity index is 554. The summed E-state index contributed by atoms with van der Waals surface area (Å²) in [5.41, 5.74) is 5.02. The van der Waals surface area contributed by atoms with E-state index >= 15 is 0 Å². The fourth-order valence-corrected chi connectivity index (χ4v) is 2.88. The second-order valence-corrected chi connectivity index (χ2v) is 5.09. The van der Waals surface area contributed by atoms with Crippen LogP contribution in [0.25, 0.3) is 5.78 Å². The lowest BCUT2D eigenvalue weighted by Crippen LogP contribution is -2.04. The molecule has 0 saturated heterocycles. The van der Waals surface area contributed by atoms with Crippen molar-refractivity contribution >= 4 is 5.78 Å². The Balaban J connectivity index is 2.22. The fraction of sp³-hybridized carbons (Fsp3) is 0.571. The molecule has 0 saturated carbocycles. The molecule has 1 aliphatic carbocycles. The highest BCUT2D eigenvalue weighted by molar-refractivity contribution is 5.39. The Kier molecular flexibility index (Phi) is 2.61. The van der Waals surface area contributed by atoms with Crippen LogP contribution in [0.15, 0.2) is 6.07 Å². The predicted molar refractivity (Wildman–Crippen MR) is 68.3 cm³/mol. The summed E-state index contributed by atoms with van der Waals surface area (Å²) in [6, 6.07) is 2.15. The third kappa shape index (κ3) is 1.84. The molecule has 3 nitrogen and oxygen atoms in total. The quantitative estimate of drug-likeness (QED) is 0.695. The molecular weight excluding hydrogens is 210 g/mol. The van der Waals surface area contributed by atoms with Crippen molar-refractivity contribution in [2.24, 2.45) is 0 Å².